The molecule has 1 aromatic heterocycles. The number of carbonyl (C=O) groups is 1. The van der Waals surface area contributed by atoms with Crippen LogP contribution in [0, 0.1) is 13.8 Å². The molecule has 0 radical (unpaired) electrons. The first-order chi connectivity index (χ1) is 14.0. The second-order valence-corrected chi connectivity index (χ2v) is 7.38. The zero-order valence-electron chi connectivity index (χ0n) is 16.6. The summed E-state index contributed by atoms with van der Waals surface area (Å²) in [7, 11) is 0. The van der Waals surface area contributed by atoms with Gasteiger partial charge in [-0.25, -0.2) is 9.78 Å². The number of fused-ring (bicyclic) bond motifs is 1. The van der Waals surface area contributed by atoms with Crippen molar-refractivity contribution in [2.45, 2.75) is 39.2 Å². The van der Waals surface area contributed by atoms with Crippen molar-refractivity contribution in [1.82, 2.24) is 4.98 Å². The van der Waals surface area contributed by atoms with Crippen molar-refractivity contribution in [3.63, 3.8) is 0 Å². The van der Waals surface area contributed by atoms with Gasteiger partial charge in [-0.3, -0.25) is 0 Å². The summed E-state index contributed by atoms with van der Waals surface area (Å²) < 4.78 is 11.7. The molecule has 2 N–H and O–H groups in total. The van der Waals surface area contributed by atoms with E-state index in [-0.39, 0.29) is 0 Å². The third kappa shape index (κ3) is 4.26. The summed E-state index contributed by atoms with van der Waals surface area (Å²) in [5.74, 6) is 1.40. The van der Waals surface area contributed by atoms with Gasteiger partial charge in [0.25, 0.3) is 0 Å². The predicted molar refractivity (Wildman–Crippen MR) is 110 cm³/mol. The number of nitrogens with zero attached hydrogens (tertiary/aromatic N) is 1. The van der Waals surface area contributed by atoms with Gasteiger partial charge in [0.1, 0.15) is 17.6 Å². The van der Waals surface area contributed by atoms with Crippen LogP contribution in [-0.4, -0.2) is 28.7 Å². The van der Waals surface area contributed by atoms with Crippen LogP contribution in [0.3, 0.4) is 0 Å². The second-order valence-electron chi connectivity index (χ2n) is 7.38. The number of aliphatic carboxylic acids is 1. The van der Waals surface area contributed by atoms with Gasteiger partial charge < -0.3 is 19.6 Å². The first-order valence-electron chi connectivity index (χ1n) is 9.78. The molecule has 3 aromatic rings. The maximum atomic E-state index is 11.1. The topological polar surface area (TPSA) is 84.6 Å². The predicted octanol–water partition coefficient (Wildman–Crippen LogP) is 4.39. The number of hydrogen-bond acceptors (Lipinski definition) is 5. The number of benzene rings is 2. The molecule has 0 saturated carbocycles. The van der Waals surface area contributed by atoms with Gasteiger partial charge in [0, 0.05) is 17.7 Å². The number of ether oxygens (including phenoxy) is 1. The van der Waals surface area contributed by atoms with Crippen LogP contribution in [0.5, 0.6) is 5.75 Å². The highest BCUT2D eigenvalue weighted by molar-refractivity contribution is 5.79. The summed E-state index contributed by atoms with van der Waals surface area (Å²) in [5, 5.41) is 12.2. The standard InChI is InChI=1S/C23H24N2O4/c1-14-3-5-16(6-4-14)22-25-19(15(2)29-22)11-12-28-18-8-10-20-17(13-18)7-9-21(24-20)23(26)27/h3-6,8,10,13,21,24H,7,9,11-12H2,1-2H3,(H,26,27). The molecular weight excluding hydrogens is 368 g/mol. The van der Waals surface area contributed by atoms with Crippen molar-refractivity contribution in [1.29, 1.82) is 0 Å². The molecule has 1 unspecified atom stereocenters. The summed E-state index contributed by atoms with van der Waals surface area (Å²) in [5.41, 5.74) is 5.01. The normalized spacial score (nSPS) is 15.4. The Morgan fingerprint density at radius 1 is 1.24 bits per heavy atom. The Kier molecular flexibility index (Phi) is 5.25. The molecule has 0 amide bonds. The van der Waals surface area contributed by atoms with Gasteiger partial charge in [-0.1, -0.05) is 17.7 Å². The van der Waals surface area contributed by atoms with Crippen LogP contribution in [-0.2, 0) is 17.6 Å². The van der Waals surface area contributed by atoms with Crippen LogP contribution in [0.4, 0.5) is 5.69 Å². The molecule has 2 aromatic carbocycles. The Hall–Kier alpha value is -3.28. The van der Waals surface area contributed by atoms with Gasteiger partial charge in [0.05, 0.1) is 12.3 Å². The molecule has 0 spiro atoms. The lowest BCUT2D eigenvalue weighted by molar-refractivity contribution is -0.138. The van der Waals surface area contributed by atoms with Crippen LogP contribution in [0.1, 0.15) is 29.0 Å². The minimum Gasteiger partial charge on any atom is -0.493 e. The van der Waals surface area contributed by atoms with E-state index >= 15 is 0 Å². The third-order valence-corrected chi connectivity index (χ3v) is 5.21. The summed E-state index contributed by atoms with van der Waals surface area (Å²) in [6.45, 7) is 4.46. The molecule has 1 aliphatic heterocycles. The lowest BCUT2D eigenvalue weighted by Gasteiger charge is -2.24. The Balaban J connectivity index is 1.37. The molecule has 6 heteroatoms. The minimum atomic E-state index is -0.816. The summed E-state index contributed by atoms with van der Waals surface area (Å²) in [6, 6.07) is 13.3. The summed E-state index contributed by atoms with van der Waals surface area (Å²) in [6.07, 6.45) is 1.95. The number of carboxylic acids is 1. The summed E-state index contributed by atoms with van der Waals surface area (Å²) >= 11 is 0. The zero-order valence-corrected chi connectivity index (χ0v) is 16.6. The van der Waals surface area contributed by atoms with Crippen molar-refractivity contribution >= 4 is 11.7 Å². The first kappa shape index (κ1) is 19.1. The van der Waals surface area contributed by atoms with Crippen LogP contribution in [0.15, 0.2) is 46.9 Å². The Morgan fingerprint density at radius 3 is 2.79 bits per heavy atom. The molecule has 29 heavy (non-hydrogen) atoms. The highest BCUT2D eigenvalue weighted by Gasteiger charge is 2.23. The van der Waals surface area contributed by atoms with Crippen molar-refractivity contribution in [3.05, 3.63) is 65.0 Å². The SMILES string of the molecule is Cc1ccc(-c2nc(CCOc3ccc4c(c3)CCC(C(=O)O)N4)c(C)o2)cc1. The zero-order chi connectivity index (χ0) is 20.4. The molecule has 1 aliphatic rings. The van der Waals surface area contributed by atoms with E-state index in [0.717, 1.165) is 40.4 Å². The Morgan fingerprint density at radius 2 is 2.03 bits per heavy atom. The fraction of sp³-hybridized carbons (Fsp3) is 0.304. The van der Waals surface area contributed by atoms with E-state index < -0.39 is 12.0 Å². The van der Waals surface area contributed by atoms with Crippen molar-refractivity contribution in [2.24, 2.45) is 0 Å². The van der Waals surface area contributed by atoms with Crippen LogP contribution in [0.25, 0.3) is 11.5 Å². The van der Waals surface area contributed by atoms with Gasteiger partial charge in [0.15, 0.2) is 0 Å². The van der Waals surface area contributed by atoms with Crippen molar-refractivity contribution in [3.8, 4) is 17.2 Å². The number of nitrogens with one attached hydrogen (secondary N) is 1. The summed E-state index contributed by atoms with van der Waals surface area (Å²) in [4.78, 5) is 15.8. The number of oxazole rings is 1. The second kappa shape index (κ2) is 7.99. The van der Waals surface area contributed by atoms with Gasteiger partial charge in [-0.15, -0.1) is 0 Å². The van der Waals surface area contributed by atoms with E-state index in [1.165, 1.54) is 5.56 Å². The van der Waals surface area contributed by atoms with Gasteiger partial charge in [0.2, 0.25) is 5.89 Å². The smallest absolute Gasteiger partial charge is 0.326 e. The van der Waals surface area contributed by atoms with E-state index in [0.29, 0.717) is 25.3 Å². The number of aromatic nitrogens is 1. The number of carboxylic acid groups (broad SMARTS) is 1. The molecule has 6 nitrogen and oxygen atoms in total. The molecular formula is C23H24N2O4. The molecule has 1 atom stereocenters. The molecule has 0 fully saturated rings. The molecule has 0 aliphatic carbocycles. The average molecular weight is 392 g/mol. The third-order valence-electron chi connectivity index (χ3n) is 5.21. The van der Waals surface area contributed by atoms with Crippen LogP contribution < -0.4 is 10.1 Å². The van der Waals surface area contributed by atoms with E-state index in [4.69, 9.17) is 14.3 Å². The molecule has 2 heterocycles. The Labute approximate surface area is 169 Å². The maximum Gasteiger partial charge on any atom is 0.326 e. The number of aryl methyl sites for hydroxylation is 3. The number of rotatable bonds is 6. The number of anilines is 1. The van der Waals surface area contributed by atoms with E-state index in [9.17, 15) is 4.79 Å². The van der Waals surface area contributed by atoms with Crippen LogP contribution in [0.2, 0.25) is 0 Å². The van der Waals surface area contributed by atoms with Crippen molar-refractivity contribution in [2.75, 3.05) is 11.9 Å². The highest BCUT2D eigenvalue weighted by atomic mass is 16.5. The molecule has 150 valence electrons. The fourth-order valence-electron chi connectivity index (χ4n) is 3.50. The average Bonchev–Trinajstić information content (AvgIpc) is 3.08. The van der Waals surface area contributed by atoms with Gasteiger partial charge in [-0.2, -0.15) is 0 Å². The van der Waals surface area contributed by atoms with E-state index in [1.54, 1.807) is 0 Å². The van der Waals surface area contributed by atoms with Crippen molar-refractivity contribution < 1.29 is 19.1 Å². The van der Waals surface area contributed by atoms with Gasteiger partial charge in [-0.05, 0) is 62.6 Å². The molecule has 0 saturated heterocycles. The lowest BCUT2D eigenvalue weighted by Crippen LogP contribution is -2.33. The van der Waals surface area contributed by atoms with E-state index in [2.05, 4.69) is 17.2 Å². The largest absolute Gasteiger partial charge is 0.493 e. The van der Waals surface area contributed by atoms with E-state index in [1.807, 2.05) is 49.4 Å². The fourth-order valence-corrected chi connectivity index (χ4v) is 3.50. The minimum absolute atomic E-state index is 0.491. The molecule has 4 rings (SSSR count). The quantitative estimate of drug-likeness (QED) is 0.647. The lowest BCUT2D eigenvalue weighted by atomic mass is 9.98. The first-order valence-corrected chi connectivity index (χ1v) is 9.78. The van der Waals surface area contributed by atoms with Gasteiger partial charge >= 0.3 is 5.97 Å². The Bertz CT molecular complexity index is 1020. The van der Waals surface area contributed by atoms with Crippen LogP contribution >= 0.6 is 0 Å². The number of hydrogen-bond donors (Lipinski definition) is 2. The molecule has 0 bridgehead atoms. The monoisotopic (exact) mass is 392 g/mol. The maximum absolute atomic E-state index is 11.1. The highest BCUT2D eigenvalue weighted by Crippen LogP contribution is 2.29.